The fraction of sp³-hybridized carbons (Fsp3) is 0.760. The molecule has 0 unspecified atom stereocenters. The van der Waals surface area contributed by atoms with Gasteiger partial charge in [0.25, 0.3) is 0 Å². The number of carbonyl (C=O) groups excluding carboxylic acids is 1. The van der Waals surface area contributed by atoms with Gasteiger partial charge in [-0.15, -0.1) is 0 Å². The normalized spacial score (nSPS) is 27.5. The van der Waals surface area contributed by atoms with Gasteiger partial charge in [0, 0.05) is 0 Å². The molecule has 0 spiro atoms. The Morgan fingerprint density at radius 2 is 1.62 bits per heavy atom. The number of ether oxygens (including phenoxy) is 1. The van der Waals surface area contributed by atoms with Crippen LogP contribution in [0, 0.1) is 29.6 Å². The first-order valence-electron chi connectivity index (χ1n) is 12.0. The van der Waals surface area contributed by atoms with Crippen molar-refractivity contribution < 1.29 is 13.9 Å². The Balaban J connectivity index is 1.32. The smallest absolute Gasteiger partial charge is 0.314 e. The molecule has 29 heavy (non-hydrogen) atoms. The molecule has 1 aromatic heterocycles. The summed E-state index contributed by atoms with van der Waals surface area (Å²) >= 11 is 0. The van der Waals surface area contributed by atoms with Crippen LogP contribution in [0.1, 0.15) is 96.8 Å². The number of aromatic nitrogens is 1. The van der Waals surface area contributed by atoms with Crippen LogP contribution < -0.4 is 4.74 Å². The number of esters is 1. The summed E-state index contributed by atoms with van der Waals surface area (Å²) in [5.41, 5.74) is 0. The van der Waals surface area contributed by atoms with Gasteiger partial charge in [0.15, 0.2) is 0 Å². The van der Waals surface area contributed by atoms with Crippen LogP contribution in [0.3, 0.4) is 0 Å². The molecule has 0 amide bonds. The topological polar surface area (TPSA) is 39.2 Å². The standard InChI is InChI=1S/C25H38FNO2/c1-2-3-4-5-6-7-19-8-10-20(11-9-19)21-12-14-22(15-13-21)25(28)29-23-16-17-24(26)27-18-23/h16-22H,2-15H2,1H3. The van der Waals surface area contributed by atoms with E-state index in [1.165, 1.54) is 82.5 Å². The summed E-state index contributed by atoms with van der Waals surface area (Å²) in [6, 6.07) is 2.69. The number of hydrogen-bond donors (Lipinski definition) is 0. The zero-order valence-electron chi connectivity index (χ0n) is 18.1. The predicted molar refractivity (Wildman–Crippen MR) is 114 cm³/mol. The Bertz CT molecular complexity index is 602. The van der Waals surface area contributed by atoms with E-state index in [4.69, 9.17) is 4.74 Å². The lowest BCUT2D eigenvalue weighted by molar-refractivity contribution is -0.140. The van der Waals surface area contributed by atoms with Gasteiger partial charge in [0.2, 0.25) is 5.95 Å². The predicted octanol–water partition coefficient (Wildman–Crippen LogP) is 7.10. The van der Waals surface area contributed by atoms with Crippen LogP contribution in [0.25, 0.3) is 0 Å². The second-order valence-electron chi connectivity index (χ2n) is 9.33. The molecule has 162 valence electrons. The van der Waals surface area contributed by atoms with Crippen molar-refractivity contribution in [2.75, 3.05) is 0 Å². The molecule has 0 N–H and O–H groups in total. The van der Waals surface area contributed by atoms with E-state index in [9.17, 15) is 9.18 Å². The second-order valence-corrected chi connectivity index (χ2v) is 9.33. The molecule has 0 saturated heterocycles. The molecule has 0 aliphatic heterocycles. The molecule has 2 saturated carbocycles. The van der Waals surface area contributed by atoms with Gasteiger partial charge in [-0.1, -0.05) is 58.3 Å². The third-order valence-electron chi connectivity index (χ3n) is 7.30. The minimum absolute atomic E-state index is 0.0178. The minimum atomic E-state index is -0.559. The van der Waals surface area contributed by atoms with Gasteiger partial charge in [0.1, 0.15) is 5.75 Å². The second kappa shape index (κ2) is 11.7. The maximum atomic E-state index is 12.9. The molecular formula is C25H38FNO2. The van der Waals surface area contributed by atoms with E-state index in [1.807, 2.05) is 0 Å². The highest BCUT2D eigenvalue weighted by atomic mass is 19.1. The highest BCUT2D eigenvalue weighted by Gasteiger charge is 2.33. The van der Waals surface area contributed by atoms with Crippen LogP contribution in [0.2, 0.25) is 0 Å². The minimum Gasteiger partial charge on any atom is -0.425 e. The van der Waals surface area contributed by atoms with Gasteiger partial charge >= 0.3 is 5.97 Å². The number of rotatable bonds is 9. The van der Waals surface area contributed by atoms with Gasteiger partial charge < -0.3 is 4.74 Å². The fourth-order valence-corrected chi connectivity index (χ4v) is 5.43. The first-order chi connectivity index (χ1) is 14.2. The van der Waals surface area contributed by atoms with Crippen LogP contribution in [-0.4, -0.2) is 11.0 Å². The molecule has 3 nitrogen and oxygen atoms in total. The lowest BCUT2D eigenvalue weighted by Crippen LogP contribution is -2.30. The number of nitrogens with zero attached hydrogens (tertiary/aromatic N) is 1. The molecule has 0 radical (unpaired) electrons. The first-order valence-corrected chi connectivity index (χ1v) is 12.0. The number of unbranched alkanes of at least 4 members (excludes halogenated alkanes) is 4. The Labute approximate surface area is 175 Å². The van der Waals surface area contributed by atoms with E-state index in [1.54, 1.807) is 0 Å². The van der Waals surface area contributed by atoms with Crippen molar-refractivity contribution in [2.24, 2.45) is 23.7 Å². The van der Waals surface area contributed by atoms with Gasteiger partial charge in [0.05, 0.1) is 12.1 Å². The van der Waals surface area contributed by atoms with Crippen molar-refractivity contribution in [3.63, 3.8) is 0 Å². The van der Waals surface area contributed by atoms with Crippen molar-refractivity contribution in [1.82, 2.24) is 4.98 Å². The van der Waals surface area contributed by atoms with E-state index >= 15 is 0 Å². The average Bonchev–Trinajstić information content (AvgIpc) is 2.76. The van der Waals surface area contributed by atoms with Crippen LogP contribution >= 0.6 is 0 Å². The van der Waals surface area contributed by atoms with E-state index in [2.05, 4.69) is 11.9 Å². The molecule has 1 aromatic rings. The first kappa shape index (κ1) is 22.2. The molecular weight excluding hydrogens is 365 g/mol. The average molecular weight is 404 g/mol. The number of hydrogen-bond acceptors (Lipinski definition) is 3. The monoisotopic (exact) mass is 403 g/mol. The quantitative estimate of drug-likeness (QED) is 0.251. The molecule has 2 fully saturated rings. The van der Waals surface area contributed by atoms with Crippen molar-refractivity contribution >= 4 is 5.97 Å². The fourth-order valence-electron chi connectivity index (χ4n) is 5.43. The van der Waals surface area contributed by atoms with Crippen molar-refractivity contribution in [3.8, 4) is 5.75 Å². The summed E-state index contributed by atoms with van der Waals surface area (Å²) in [5.74, 6) is 2.20. The van der Waals surface area contributed by atoms with Crippen LogP contribution in [0.4, 0.5) is 4.39 Å². The lowest BCUT2D eigenvalue weighted by Gasteiger charge is -2.37. The number of pyridine rings is 1. The maximum absolute atomic E-state index is 12.9. The van der Waals surface area contributed by atoms with Crippen LogP contribution in [0.5, 0.6) is 5.75 Å². The van der Waals surface area contributed by atoms with E-state index in [-0.39, 0.29) is 11.9 Å². The third-order valence-corrected chi connectivity index (χ3v) is 7.30. The highest BCUT2D eigenvalue weighted by Crippen LogP contribution is 2.42. The summed E-state index contributed by atoms with van der Waals surface area (Å²) in [6.07, 6.45) is 19.4. The summed E-state index contributed by atoms with van der Waals surface area (Å²) < 4.78 is 18.3. The molecule has 0 bridgehead atoms. The molecule has 0 atom stereocenters. The van der Waals surface area contributed by atoms with Gasteiger partial charge in [-0.25, -0.2) is 4.98 Å². The van der Waals surface area contributed by atoms with Crippen molar-refractivity contribution in [2.45, 2.75) is 96.8 Å². The van der Waals surface area contributed by atoms with Gasteiger partial charge in [-0.05, 0) is 68.4 Å². The van der Waals surface area contributed by atoms with E-state index in [0.717, 1.165) is 43.4 Å². The summed E-state index contributed by atoms with van der Waals surface area (Å²) in [7, 11) is 0. The van der Waals surface area contributed by atoms with Crippen molar-refractivity contribution in [1.29, 1.82) is 0 Å². The van der Waals surface area contributed by atoms with E-state index < -0.39 is 5.95 Å². The van der Waals surface area contributed by atoms with Crippen LogP contribution in [0.15, 0.2) is 18.3 Å². The third kappa shape index (κ3) is 7.08. The van der Waals surface area contributed by atoms with Crippen molar-refractivity contribution in [3.05, 3.63) is 24.3 Å². The molecule has 1 heterocycles. The maximum Gasteiger partial charge on any atom is 0.314 e. The molecule has 2 aliphatic rings. The number of halogens is 1. The molecule has 4 heteroatoms. The largest absolute Gasteiger partial charge is 0.425 e. The summed E-state index contributed by atoms with van der Waals surface area (Å²) in [4.78, 5) is 15.9. The lowest BCUT2D eigenvalue weighted by atomic mass is 9.68. The van der Waals surface area contributed by atoms with E-state index in [0.29, 0.717) is 5.75 Å². The molecule has 0 aromatic carbocycles. The van der Waals surface area contributed by atoms with Gasteiger partial charge in [-0.3, -0.25) is 4.79 Å². The zero-order valence-corrected chi connectivity index (χ0v) is 18.1. The van der Waals surface area contributed by atoms with Gasteiger partial charge in [-0.2, -0.15) is 4.39 Å². The number of carbonyl (C=O) groups is 1. The highest BCUT2D eigenvalue weighted by molar-refractivity contribution is 5.75. The Morgan fingerprint density at radius 1 is 0.966 bits per heavy atom. The summed E-state index contributed by atoms with van der Waals surface area (Å²) in [6.45, 7) is 2.28. The Kier molecular flexibility index (Phi) is 8.94. The SMILES string of the molecule is CCCCCCCC1CCC(C2CCC(C(=O)Oc3ccc(F)nc3)CC2)CC1. The Hall–Kier alpha value is -1.45. The molecule has 2 aliphatic carbocycles. The molecule has 3 rings (SSSR count). The Morgan fingerprint density at radius 3 is 2.24 bits per heavy atom. The van der Waals surface area contributed by atoms with Crippen LogP contribution in [-0.2, 0) is 4.79 Å². The zero-order chi connectivity index (χ0) is 20.5. The summed E-state index contributed by atoms with van der Waals surface area (Å²) in [5, 5.41) is 0.